The molecule has 0 spiro atoms. The van der Waals surface area contributed by atoms with Gasteiger partial charge in [-0.1, -0.05) is 48.7 Å². The monoisotopic (exact) mass is 257 g/mol. The first-order valence-corrected chi connectivity index (χ1v) is 5.60. The summed E-state index contributed by atoms with van der Waals surface area (Å²) in [5, 5.41) is 9.05. The van der Waals surface area contributed by atoms with Crippen LogP contribution in [-0.2, 0) is 0 Å². The zero-order valence-electron chi connectivity index (χ0n) is 8.73. The Morgan fingerprint density at radius 2 is 2.19 bits per heavy atom. The molecule has 0 aliphatic rings. The summed E-state index contributed by atoms with van der Waals surface area (Å²) in [5.74, 6) is -0.585. The first kappa shape index (κ1) is 13.0. The van der Waals surface area contributed by atoms with E-state index in [4.69, 9.17) is 28.5 Å². The van der Waals surface area contributed by atoms with Crippen molar-refractivity contribution in [3.63, 3.8) is 0 Å². The van der Waals surface area contributed by atoms with Crippen molar-refractivity contribution in [3.8, 4) is 6.07 Å². The van der Waals surface area contributed by atoms with E-state index in [9.17, 15) is 4.39 Å². The highest BCUT2D eigenvalue weighted by Crippen LogP contribution is 2.30. The first-order valence-electron chi connectivity index (χ1n) is 4.85. The van der Waals surface area contributed by atoms with Crippen LogP contribution in [0.2, 0.25) is 5.02 Å². The van der Waals surface area contributed by atoms with E-state index in [1.807, 2.05) is 13.0 Å². The molecule has 0 amide bonds. The SMILES string of the molecule is CCC/C(C#N)=C(/Cl)c1cccc(Cl)c1F. The Labute approximate surface area is 104 Å². The summed E-state index contributed by atoms with van der Waals surface area (Å²) in [7, 11) is 0. The van der Waals surface area contributed by atoms with Gasteiger partial charge in [0.05, 0.1) is 16.1 Å². The maximum absolute atomic E-state index is 13.6. The summed E-state index contributed by atoms with van der Waals surface area (Å²) in [4.78, 5) is 0. The van der Waals surface area contributed by atoms with Gasteiger partial charge in [-0.3, -0.25) is 0 Å². The van der Waals surface area contributed by atoms with E-state index in [1.165, 1.54) is 12.1 Å². The lowest BCUT2D eigenvalue weighted by Crippen LogP contribution is -1.90. The topological polar surface area (TPSA) is 23.8 Å². The minimum Gasteiger partial charge on any atom is -0.205 e. The van der Waals surface area contributed by atoms with Crippen molar-refractivity contribution in [1.29, 1.82) is 5.26 Å². The molecule has 84 valence electrons. The van der Waals surface area contributed by atoms with Gasteiger partial charge in [-0.25, -0.2) is 4.39 Å². The fourth-order valence-electron chi connectivity index (χ4n) is 1.30. The molecular formula is C12H10Cl2FN. The summed E-state index contributed by atoms with van der Waals surface area (Å²) in [6.07, 6.45) is 1.31. The zero-order chi connectivity index (χ0) is 12.1. The molecule has 0 bridgehead atoms. The summed E-state index contributed by atoms with van der Waals surface area (Å²) >= 11 is 11.6. The van der Waals surface area contributed by atoms with Crippen LogP contribution in [0.15, 0.2) is 23.8 Å². The van der Waals surface area contributed by atoms with Gasteiger partial charge in [-0.15, -0.1) is 0 Å². The molecule has 0 aliphatic heterocycles. The maximum Gasteiger partial charge on any atom is 0.150 e. The van der Waals surface area contributed by atoms with E-state index in [-0.39, 0.29) is 15.6 Å². The number of nitrogens with zero attached hydrogens (tertiary/aromatic N) is 1. The van der Waals surface area contributed by atoms with Crippen LogP contribution >= 0.6 is 23.2 Å². The smallest absolute Gasteiger partial charge is 0.150 e. The molecule has 1 aromatic carbocycles. The predicted octanol–water partition coefficient (Wildman–Crippen LogP) is 4.75. The average molecular weight is 258 g/mol. The van der Waals surface area contributed by atoms with Gasteiger partial charge in [0, 0.05) is 11.1 Å². The van der Waals surface area contributed by atoms with Gasteiger partial charge in [0.1, 0.15) is 0 Å². The molecule has 0 fully saturated rings. The fraction of sp³-hybridized carbons (Fsp3) is 0.250. The second-order valence-corrected chi connectivity index (χ2v) is 4.04. The minimum absolute atomic E-state index is 0.00411. The lowest BCUT2D eigenvalue weighted by Gasteiger charge is -2.05. The van der Waals surface area contributed by atoms with Crippen LogP contribution in [0, 0.1) is 17.1 Å². The van der Waals surface area contributed by atoms with Gasteiger partial charge < -0.3 is 0 Å². The Morgan fingerprint density at radius 1 is 1.50 bits per heavy atom. The van der Waals surface area contributed by atoms with E-state index >= 15 is 0 Å². The quantitative estimate of drug-likeness (QED) is 0.717. The Morgan fingerprint density at radius 3 is 2.75 bits per heavy atom. The van der Waals surface area contributed by atoms with Gasteiger partial charge >= 0.3 is 0 Å². The fourth-order valence-corrected chi connectivity index (χ4v) is 1.76. The highest BCUT2D eigenvalue weighted by molar-refractivity contribution is 6.49. The van der Waals surface area contributed by atoms with Crippen LogP contribution < -0.4 is 0 Å². The molecule has 0 aromatic heterocycles. The molecule has 0 aliphatic carbocycles. The molecule has 0 saturated carbocycles. The number of benzene rings is 1. The van der Waals surface area contributed by atoms with Crippen LogP contribution in [0.3, 0.4) is 0 Å². The third-order valence-corrected chi connectivity index (χ3v) is 2.81. The Balaban J connectivity index is 3.28. The van der Waals surface area contributed by atoms with E-state index < -0.39 is 5.82 Å². The predicted molar refractivity (Wildman–Crippen MR) is 64.7 cm³/mol. The van der Waals surface area contributed by atoms with E-state index in [0.717, 1.165) is 6.42 Å². The van der Waals surface area contributed by atoms with Gasteiger partial charge in [-0.05, 0) is 12.5 Å². The van der Waals surface area contributed by atoms with Crippen LogP contribution in [0.25, 0.3) is 5.03 Å². The average Bonchev–Trinajstić information content (AvgIpc) is 2.29. The lowest BCUT2D eigenvalue weighted by atomic mass is 10.1. The zero-order valence-corrected chi connectivity index (χ0v) is 10.2. The molecule has 0 saturated heterocycles. The Kier molecular flexibility index (Phi) is 4.79. The normalized spacial score (nSPS) is 11.9. The molecular weight excluding hydrogens is 248 g/mol. The van der Waals surface area contributed by atoms with Crippen LogP contribution in [0.1, 0.15) is 25.3 Å². The largest absolute Gasteiger partial charge is 0.205 e. The number of hydrogen-bond donors (Lipinski definition) is 0. The van der Waals surface area contributed by atoms with E-state index in [0.29, 0.717) is 12.0 Å². The van der Waals surface area contributed by atoms with Crippen molar-refractivity contribution in [2.24, 2.45) is 0 Å². The summed E-state index contributed by atoms with van der Waals surface area (Å²) in [6.45, 7) is 1.93. The summed E-state index contributed by atoms with van der Waals surface area (Å²) in [5.41, 5.74) is 0.560. The third-order valence-electron chi connectivity index (χ3n) is 2.09. The molecule has 1 nitrogen and oxygen atoms in total. The second-order valence-electron chi connectivity index (χ2n) is 3.26. The molecule has 0 atom stereocenters. The maximum atomic E-state index is 13.6. The van der Waals surface area contributed by atoms with Crippen LogP contribution in [-0.4, -0.2) is 0 Å². The minimum atomic E-state index is -0.585. The van der Waals surface area contributed by atoms with Crippen LogP contribution in [0.4, 0.5) is 4.39 Å². The molecule has 4 heteroatoms. The van der Waals surface area contributed by atoms with Gasteiger partial charge in [0.15, 0.2) is 5.82 Å². The van der Waals surface area contributed by atoms with Crippen molar-refractivity contribution in [1.82, 2.24) is 0 Å². The third kappa shape index (κ3) is 2.75. The molecule has 1 aromatic rings. The summed E-state index contributed by atoms with van der Waals surface area (Å²) < 4.78 is 13.6. The molecule has 16 heavy (non-hydrogen) atoms. The van der Waals surface area contributed by atoms with Gasteiger partial charge in [0.2, 0.25) is 0 Å². The lowest BCUT2D eigenvalue weighted by molar-refractivity contribution is 0.625. The molecule has 0 heterocycles. The highest BCUT2D eigenvalue weighted by atomic mass is 35.5. The summed E-state index contributed by atoms with van der Waals surface area (Å²) in [6, 6.07) is 6.54. The molecule has 1 rings (SSSR count). The molecule has 0 unspecified atom stereocenters. The molecule has 0 N–H and O–H groups in total. The second kappa shape index (κ2) is 5.89. The van der Waals surface area contributed by atoms with E-state index in [2.05, 4.69) is 0 Å². The highest BCUT2D eigenvalue weighted by Gasteiger charge is 2.13. The number of hydrogen-bond acceptors (Lipinski definition) is 1. The van der Waals surface area contributed by atoms with Crippen molar-refractivity contribution in [2.75, 3.05) is 0 Å². The van der Waals surface area contributed by atoms with Crippen LogP contribution in [0.5, 0.6) is 0 Å². The Hall–Kier alpha value is -1.04. The number of halogens is 3. The number of rotatable bonds is 3. The van der Waals surface area contributed by atoms with Crippen molar-refractivity contribution < 1.29 is 4.39 Å². The molecule has 0 radical (unpaired) electrons. The standard InChI is InChI=1S/C12H10Cl2FN/c1-2-4-8(7-16)11(14)9-5-3-6-10(13)12(9)15/h3,5-6H,2,4H2,1H3/b11-8-. The van der Waals surface area contributed by atoms with Crippen molar-refractivity contribution in [3.05, 3.63) is 40.2 Å². The number of nitriles is 1. The van der Waals surface area contributed by atoms with E-state index in [1.54, 1.807) is 6.07 Å². The number of allylic oxidation sites excluding steroid dienone is 1. The first-order chi connectivity index (χ1) is 7.61. The van der Waals surface area contributed by atoms with Gasteiger partial charge in [-0.2, -0.15) is 5.26 Å². The van der Waals surface area contributed by atoms with Crippen molar-refractivity contribution >= 4 is 28.2 Å². The van der Waals surface area contributed by atoms with Gasteiger partial charge in [0.25, 0.3) is 0 Å². The Bertz CT molecular complexity index is 461. The van der Waals surface area contributed by atoms with Crippen molar-refractivity contribution in [2.45, 2.75) is 19.8 Å².